The van der Waals surface area contributed by atoms with Crippen LogP contribution in [0.3, 0.4) is 0 Å². The summed E-state index contributed by atoms with van der Waals surface area (Å²) < 4.78 is 26.4. The van der Waals surface area contributed by atoms with E-state index in [1.807, 2.05) is 41.5 Å². The summed E-state index contributed by atoms with van der Waals surface area (Å²) in [5.74, 6) is -4.08. The predicted octanol–water partition coefficient (Wildman–Crippen LogP) is 5.83. The van der Waals surface area contributed by atoms with E-state index in [0.717, 1.165) is 6.42 Å². The van der Waals surface area contributed by atoms with Crippen molar-refractivity contribution in [3.8, 4) is 0 Å². The lowest BCUT2D eigenvalue weighted by Gasteiger charge is -2.62. The molecule has 8 rings (SSSR count). The van der Waals surface area contributed by atoms with Gasteiger partial charge in [-0.1, -0.05) is 87.5 Å². The normalized spacial score (nSPS) is 35.5. The Labute approximate surface area is 333 Å². The molecule has 0 spiro atoms. The molecule has 57 heavy (non-hydrogen) atoms. The quantitative estimate of drug-likeness (QED) is 0.162. The number of benzene rings is 3. The van der Waals surface area contributed by atoms with Crippen LogP contribution in [-0.2, 0) is 23.7 Å². The van der Waals surface area contributed by atoms with E-state index in [-0.39, 0.29) is 17.9 Å². The molecular formula is C46H53NO10. The Morgan fingerprint density at radius 3 is 2.04 bits per heavy atom. The summed E-state index contributed by atoms with van der Waals surface area (Å²) in [7, 11) is 0. The summed E-state index contributed by atoms with van der Waals surface area (Å²) >= 11 is 0. The fraction of sp³-hybridized carbons (Fsp3) is 0.500. The molecule has 4 aliphatic carbocycles. The van der Waals surface area contributed by atoms with Crippen molar-refractivity contribution in [3.05, 3.63) is 119 Å². The Bertz CT molecular complexity index is 2070. The highest BCUT2D eigenvalue weighted by molar-refractivity contribution is 5.95. The fourth-order valence-corrected chi connectivity index (χ4v) is 10.8. The second kappa shape index (κ2) is 13.9. The molecule has 11 nitrogen and oxygen atoms in total. The van der Waals surface area contributed by atoms with Gasteiger partial charge in [0.2, 0.25) is 0 Å². The van der Waals surface area contributed by atoms with Crippen LogP contribution in [0.5, 0.6) is 0 Å². The Balaban J connectivity index is 1.22. The summed E-state index contributed by atoms with van der Waals surface area (Å²) in [6, 6.07) is 24.5. The van der Waals surface area contributed by atoms with Crippen LogP contribution in [0.25, 0.3) is 0 Å². The van der Waals surface area contributed by atoms with Crippen LogP contribution < -0.4 is 5.32 Å². The van der Waals surface area contributed by atoms with Gasteiger partial charge in [-0.15, -0.1) is 0 Å². The first-order valence-corrected chi connectivity index (χ1v) is 20.0. The monoisotopic (exact) mass is 779 g/mol. The summed E-state index contributed by atoms with van der Waals surface area (Å²) in [6.45, 7) is 11.3. The number of hydrogen-bond acceptors (Lipinski definition) is 10. The third-order valence-electron chi connectivity index (χ3n) is 13.9. The van der Waals surface area contributed by atoms with Gasteiger partial charge < -0.3 is 39.6 Å². The molecular weight excluding hydrogens is 727 g/mol. The summed E-state index contributed by atoms with van der Waals surface area (Å²) in [6.07, 6.45) is -4.02. The van der Waals surface area contributed by atoms with Gasteiger partial charge in [0.15, 0.2) is 11.9 Å². The van der Waals surface area contributed by atoms with E-state index < -0.39 is 88.1 Å². The van der Waals surface area contributed by atoms with E-state index in [2.05, 4.69) is 5.32 Å². The fourth-order valence-electron chi connectivity index (χ4n) is 10.8. The first-order valence-electron chi connectivity index (χ1n) is 20.0. The van der Waals surface area contributed by atoms with Gasteiger partial charge in [-0.05, 0) is 86.9 Å². The predicted molar refractivity (Wildman–Crippen MR) is 208 cm³/mol. The SMILES string of the molecule is CC1=C2[C@H]3OC(C)(C)O[C@@H]3[C@]3(C)CC[C@@H]4C[C@]4(O)[C@H]3[C@H](OC(=O)c3ccccc3)[C@](O)(CC1OC(=O)[C@H](O)[C@@H](NC(=O)c1ccccc1)c1ccccc1)C2(C)C. The van der Waals surface area contributed by atoms with Crippen molar-refractivity contribution in [1.82, 2.24) is 5.32 Å². The maximum absolute atomic E-state index is 14.3. The first-order chi connectivity index (χ1) is 26.9. The molecule has 1 saturated heterocycles. The summed E-state index contributed by atoms with van der Waals surface area (Å²) in [5, 5.41) is 40.7. The molecule has 0 aromatic heterocycles. The number of carbonyl (C=O) groups is 3. The van der Waals surface area contributed by atoms with Crippen LogP contribution in [0, 0.1) is 22.7 Å². The van der Waals surface area contributed by atoms with Crippen molar-refractivity contribution in [2.45, 2.75) is 121 Å². The van der Waals surface area contributed by atoms with Crippen molar-refractivity contribution in [2.75, 3.05) is 0 Å². The number of aliphatic hydroxyl groups excluding tert-OH is 1. The maximum Gasteiger partial charge on any atom is 0.338 e. The second-order valence-corrected chi connectivity index (χ2v) is 18.0. The van der Waals surface area contributed by atoms with Gasteiger partial charge in [-0.3, -0.25) is 4.79 Å². The molecule has 3 saturated carbocycles. The highest BCUT2D eigenvalue weighted by atomic mass is 16.8. The van der Waals surface area contributed by atoms with Crippen LogP contribution in [0.15, 0.2) is 102 Å². The number of fused-ring (bicyclic) bond motifs is 8. The highest BCUT2D eigenvalue weighted by Crippen LogP contribution is 2.71. The van der Waals surface area contributed by atoms with Crippen molar-refractivity contribution < 1.29 is 48.7 Å². The number of hydrogen-bond donors (Lipinski definition) is 4. The Morgan fingerprint density at radius 1 is 0.807 bits per heavy atom. The second-order valence-electron chi connectivity index (χ2n) is 18.0. The minimum Gasteiger partial charge on any atom is -0.456 e. The topological polar surface area (TPSA) is 161 Å². The third-order valence-corrected chi connectivity index (χ3v) is 13.9. The smallest absolute Gasteiger partial charge is 0.338 e. The first kappa shape index (κ1) is 39.4. The standard InChI is InChI=1S/C46H53NO10/c1-26-31(54-41(51)34(48)33(27-16-10-7-11-17-27)47-39(49)28-18-12-8-13-19-28)25-46(53)38(55-40(50)29-20-14-9-15-21-29)36-44(6,23-22-30-24-45(30,36)52)37-35(32(26)42(46,2)3)56-43(4,5)57-37/h7-21,30-31,33-38,48,52-53H,22-25H2,1-6H3,(H,47,49)/t30-,31?,33+,34-,35-,36+,37+,38+,44-,45-,46-/m1/s1. The lowest BCUT2D eigenvalue weighted by Crippen LogP contribution is -2.71. The average Bonchev–Trinajstić information content (AvgIpc) is 3.76. The number of aliphatic hydroxyl groups is 3. The van der Waals surface area contributed by atoms with E-state index in [1.165, 1.54) is 0 Å². The minimum atomic E-state index is -1.93. The Kier molecular flexibility index (Phi) is 9.60. The number of amides is 1. The van der Waals surface area contributed by atoms with Gasteiger partial charge in [-0.2, -0.15) is 0 Å². The molecule has 0 radical (unpaired) electrons. The van der Waals surface area contributed by atoms with E-state index in [1.54, 1.807) is 91.0 Å². The zero-order chi connectivity index (χ0) is 40.7. The average molecular weight is 780 g/mol. The van der Waals surface area contributed by atoms with Crippen LogP contribution >= 0.6 is 0 Å². The Hall–Kier alpha value is -4.39. The van der Waals surface area contributed by atoms with E-state index in [0.29, 0.717) is 35.1 Å². The van der Waals surface area contributed by atoms with Gasteiger partial charge >= 0.3 is 11.9 Å². The molecule has 11 atom stereocenters. The number of carbonyl (C=O) groups excluding carboxylic acids is 3. The van der Waals surface area contributed by atoms with Crippen LogP contribution in [-0.4, -0.2) is 80.7 Å². The molecule has 4 fully saturated rings. The number of rotatable bonds is 8. The largest absolute Gasteiger partial charge is 0.456 e. The van der Waals surface area contributed by atoms with E-state index in [4.69, 9.17) is 18.9 Å². The van der Waals surface area contributed by atoms with Gasteiger partial charge in [0, 0.05) is 28.7 Å². The molecule has 11 heteroatoms. The van der Waals surface area contributed by atoms with Gasteiger partial charge in [0.05, 0.1) is 23.3 Å². The molecule has 1 aliphatic heterocycles. The van der Waals surface area contributed by atoms with Crippen LogP contribution in [0.1, 0.15) is 99.5 Å². The minimum absolute atomic E-state index is 0.0569. The van der Waals surface area contributed by atoms with Crippen LogP contribution in [0.4, 0.5) is 0 Å². The van der Waals surface area contributed by atoms with Crippen LogP contribution in [0.2, 0.25) is 0 Å². The molecule has 302 valence electrons. The summed E-state index contributed by atoms with van der Waals surface area (Å²) in [5.41, 5.74) is -2.84. The molecule has 3 aromatic rings. The van der Waals surface area contributed by atoms with Crippen molar-refractivity contribution in [1.29, 1.82) is 0 Å². The molecule has 4 N–H and O–H groups in total. The lowest BCUT2D eigenvalue weighted by atomic mass is 9.48. The third kappa shape index (κ3) is 6.42. The van der Waals surface area contributed by atoms with Gasteiger partial charge in [-0.25, -0.2) is 9.59 Å². The Morgan fingerprint density at radius 2 is 1.40 bits per heavy atom. The van der Waals surface area contributed by atoms with Crippen molar-refractivity contribution in [2.24, 2.45) is 22.7 Å². The number of ether oxygens (including phenoxy) is 4. The molecule has 2 bridgehead atoms. The highest BCUT2D eigenvalue weighted by Gasteiger charge is 2.77. The van der Waals surface area contributed by atoms with Crippen molar-refractivity contribution in [3.63, 3.8) is 0 Å². The lowest BCUT2D eigenvalue weighted by molar-refractivity contribution is -0.246. The molecule has 5 aliphatic rings. The molecule has 3 aromatic carbocycles. The number of esters is 2. The van der Waals surface area contributed by atoms with Gasteiger partial charge in [0.1, 0.15) is 23.9 Å². The van der Waals surface area contributed by atoms with E-state index in [9.17, 15) is 29.7 Å². The van der Waals surface area contributed by atoms with E-state index >= 15 is 0 Å². The molecule has 1 unspecified atom stereocenters. The zero-order valence-electron chi connectivity index (χ0n) is 33.3. The zero-order valence-corrected chi connectivity index (χ0v) is 33.3. The maximum atomic E-state index is 14.3. The summed E-state index contributed by atoms with van der Waals surface area (Å²) in [4.78, 5) is 41.8. The molecule has 1 amide bonds. The van der Waals surface area contributed by atoms with Crippen molar-refractivity contribution >= 4 is 17.8 Å². The number of nitrogens with one attached hydrogen (secondary N) is 1. The molecule has 1 heterocycles. The van der Waals surface area contributed by atoms with Gasteiger partial charge in [0.25, 0.3) is 5.91 Å².